The van der Waals surface area contributed by atoms with Gasteiger partial charge in [0.05, 0.1) is 37.6 Å². The molecule has 2 aromatic carbocycles. The second-order valence-electron chi connectivity index (χ2n) is 6.05. The van der Waals surface area contributed by atoms with E-state index in [0.717, 1.165) is 16.0 Å². The Hall–Kier alpha value is -2.84. The van der Waals surface area contributed by atoms with Gasteiger partial charge in [0, 0.05) is 13.7 Å². The van der Waals surface area contributed by atoms with E-state index in [1.165, 1.54) is 25.6 Å². The van der Waals surface area contributed by atoms with Crippen LogP contribution < -0.4 is 19.0 Å². The number of rotatable bonds is 8. The maximum Gasteiger partial charge on any atom is 0.287 e. The predicted molar refractivity (Wildman–Crippen MR) is 112 cm³/mol. The van der Waals surface area contributed by atoms with Gasteiger partial charge in [-0.2, -0.15) is 4.99 Å². The first-order valence-electron chi connectivity index (χ1n) is 9.18. The van der Waals surface area contributed by atoms with Gasteiger partial charge in [0.25, 0.3) is 5.91 Å². The molecule has 0 N–H and O–H groups in total. The second-order valence-corrected chi connectivity index (χ2v) is 7.06. The van der Waals surface area contributed by atoms with E-state index in [1.54, 1.807) is 25.3 Å². The lowest BCUT2D eigenvalue weighted by molar-refractivity contribution is 0.0991. The van der Waals surface area contributed by atoms with Gasteiger partial charge in [-0.15, -0.1) is 0 Å². The summed E-state index contributed by atoms with van der Waals surface area (Å²) in [6, 6.07) is 11.0. The van der Waals surface area contributed by atoms with E-state index in [2.05, 4.69) is 4.99 Å². The summed E-state index contributed by atoms with van der Waals surface area (Å²) in [6.45, 7) is 3.60. The van der Waals surface area contributed by atoms with Crippen LogP contribution >= 0.6 is 11.3 Å². The minimum atomic E-state index is -0.429. The highest BCUT2D eigenvalue weighted by Crippen LogP contribution is 2.29. The van der Waals surface area contributed by atoms with Crippen LogP contribution in [-0.2, 0) is 11.3 Å². The summed E-state index contributed by atoms with van der Waals surface area (Å²) in [5, 5.41) is 0. The second kappa shape index (κ2) is 9.58. The Labute approximate surface area is 173 Å². The number of aromatic nitrogens is 1. The van der Waals surface area contributed by atoms with Gasteiger partial charge in [0.1, 0.15) is 22.8 Å². The zero-order chi connectivity index (χ0) is 20.8. The third kappa shape index (κ3) is 4.44. The van der Waals surface area contributed by atoms with Gasteiger partial charge in [-0.25, -0.2) is 0 Å². The van der Waals surface area contributed by atoms with Gasteiger partial charge in [-0.1, -0.05) is 17.4 Å². The van der Waals surface area contributed by atoms with Crippen LogP contribution in [-0.4, -0.2) is 45.0 Å². The number of fused-ring (bicyclic) bond motifs is 1. The third-order valence-electron chi connectivity index (χ3n) is 4.32. The van der Waals surface area contributed by atoms with E-state index in [9.17, 15) is 4.79 Å². The van der Waals surface area contributed by atoms with Crippen molar-refractivity contribution in [2.45, 2.75) is 13.5 Å². The molecule has 0 bridgehead atoms. The molecule has 8 heteroatoms. The number of ether oxygens (including phenoxy) is 4. The lowest BCUT2D eigenvalue weighted by Gasteiger charge is -2.10. The monoisotopic (exact) mass is 416 g/mol. The Balaban J connectivity index is 2.15. The Bertz CT molecular complexity index is 1050. The van der Waals surface area contributed by atoms with Gasteiger partial charge in [0.15, 0.2) is 4.80 Å². The molecule has 0 atom stereocenters. The lowest BCUT2D eigenvalue weighted by Crippen LogP contribution is -2.19. The summed E-state index contributed by atoms with van der Waals surface area (Å²) in [4.78, 5) is 18.0. The normalized spacial score (nSPS) is 11.7. The Kier molecular flexibility index (Phi) is 6.90. The van der Waals surface area contributed by atoms with Crippen molar-refractivity contribution in [1.29, 1.82) is 0 Å². The largest absolute Gasteiger partial charge is 0.496 e. The number of carbonyl (C=O) groups is 1. The smallest absolute Gasteiger partial charge is 0.287 e. The average Bonchev–Trinajstić information content (AvgIpc) is 3.07. The van der Waals surface area contributed by atoms with E-state index < -0.39 is 5.91 Å². The van der Waals surface area contributed by atoms with Crippen molar-refractivity contribution >= 4 is 27.5 Å². The number of hydrogen-bond donors (Lipinski definition) is 0. The van der Waals surface area contributed by atoms with Crippen molar-refractivity contribution in [3.63, 3.8) is 0 Å². The van der Waals surface area contributed by atoms with Crippen LogP contribution in [0.5, 0.6) is 17.2 Å². The molecule has 3 rings (SSSR count). The Morgan fingerprint density at radius 2 is 1.83 bits per heavy atom. The zero-order valence-electron chi connectivity index (χ0n) is 16.9. The molecule has 1 amide bonds. The average molecular weight is 416 g/mol. The number of nitrogens with zero attached hydrogens (tertiary/aromatic N) is 2. The number of hydrogen-bond acceptors (Lipinski definition) is 6. The van der Waals surface area contributed by atoms with Crippen LogP contribution in [0.2, 0.25) is 0 Å². The first-order chi connectivity index (χ1) is 14.1. The molecular weight excluding hydrogens is 392 g/mol. The molecule has 0 saturated heterocycles. The molecule has 0 aliphatic carbocycles. The fourth-order valence-corrected chi connectivity index (χ4v) is 4.08. The zero-order valence-corrected chi connectivity index (χ0v) is 17.7. The van der Waals surface area contributed by atoms with Crippen molar-refractivity contribution in [3.8, 4) is 17.2 Å². The van der Waals surface area contributed by atoms with E-state index in [1.807, 2.05) is 29.7 Å². The number of methoxy groups -OCH3 is 3. The highest BCUT2D eigenvalue weighted by atomic mass is 32.1. The minimum absolute atomic E-state index is 0.295. The number of carbonyl (C=O) groups excluding carboxylic acids is 1. The van der Waals surface area contributed by atoms with Gasteiger partial charge in [-0.05, 0) is 37.3 Å². The molecular formula is C21H24N2O5S. The standard InChI is InChI=1S/C21H24N2O5S/c1-5-28-14-9-10-15-18(13-14)29-21(23(15)11-12-25-2)22-20(24)19-16(26-3)7-6-8-17(19)27-4/h6-10,13H,5,11-12H2,1-4H3. The molecule has 29 heavy (non-hydrogen) atoms. The first-order valence-corrected chi connectivity index (χ1v) is 9.99. The molecule has 0 radical (unpaired) electrons. The summed E-state index contributed by atoms with van der Waals surface area (Å²) >= 11 is 1.42. The van der Waals surface area contributed by atoms with Gasteiger partial charge >= 0.3 is 0 Å². The van der Waals surface area contributed by atoms with E-state index >= 15 is 0 Å². The molecule has 0 spiro atoms. The molecule has 3 aromatic rings. The lowest BCUT2D eigenvalue weighted by atomic mass is 10.1. The molecule has 154 valence electrons. The Morgan fingerprint density at radius 3 is 2.45 bits per heavy atom. The SMILES string of the molecule is CCOc1ccc2c(c1)sc(=NC(=O)c1c(OC)cccc1OC)n2CCOC. The summed E-state index contributed by atoms with van der Waals surface area (Å²) < 4.78 is 24.5. The predicted octanol–water partition coefficient (Wildman–Crippen LogP) is 3.51. The van der Waals surface area contributed by atoms with Crippen LogP contribution in [0.25, 0.3) is 10.2 Å². The van der Waals surface area contributed by atoms with Crippen LogP contribution in [0.1, 0.15) is 17.3 Å². The third-order valence-corrected chi connectivity index (χ3v) is 5.36. The molecule has 1 heterocycles. The van der Waals surface area contributed by atoms with Crippen LogP contribution in [0.15, 0.2) is 41.4 Å². The van der Waals surface area contributed by atoms with Crippen molar-refractivity contribution in [3.05, 3.63) is 46.8 Å². The fourth-order valence-electron chi connectivity index (χ4n) is 3.00. The molecule has 0 fully saturated rings. The maximum atomic E-state index is 13.1. The summed E-state index contributed by atoms with van der Waals surface area (Å²) in [6.07, 6.45) is 0. The van der Waals surface area contributed by atoms with Gasteiger partial charge in [0.2, 0.25) is 0 Å². The van der Waals surface area contributed by atoms with Crippen LogP contribution in [0.3, 0.4) is 0 Å². The fraction of sp³-hybridized carbons (Fsp3) is 0.333. The highest BCUT2D eigenvalue weighted by molar-refractivity contribution is 7.16. The highest BCUT2D eigenvalue weighted by Gasteiger charge is 2.18. The van der Waals surface area contributed by atoms with Crippen molar-refractivity contribution in [2.24, 2.45) is 4.99 Å². The van der Waals surface area contributed by atoms with Gasteiger partial charge < -0.3 is 23.5 Å². The van der Waals surface area contributed by atoms with Crippen LogP contribution in [0, 0.1) is 0 Å². The quantitative estimate of drug-likeness (QED) is 0.562. The van der Waals surface area contributed by atoms with E-state index in [-0.39, 0.29) is 0 Å². The molecule has 0 saturated carbocycles. The van der Waals surface area contributed by atoms with E-state index in [0.29, 0.717) is 41.6 Å². The molecule has 0 aliphatic rings. The molecule has 1 aromatic heterocycles. The molecule has 7 nitrogen and oxygen atoms in total. The van der Waals surface area contributed by atoms with Crippen molar-refractivity contribution in [1.82, 2.24) is 4.57 Å². The topological polar surface area (TPSA) is 71.3 Å². The van der Waals surface area contributed by atoms with Crippen molar-refractivity contribution < 1.29 is 23.7 Å². The summed E-state index contributed by atoms with van der Waals surface area (Å²) in [5.41, 5.74) is 1.26. The summed E-state index contributed by atoms with van der Waals surface area (Å²) in [5.74, 6) is 1.19. The van der Waals surface area contributed by atoms with Crippen molar-refractivity contribution in [2.75, 3.05) is 34.5 Å². The molecule has 0 aliphatic heterocycles. The van der Waals surface area contributed by atoms with E-state index in [4.69, 9.17) is 18.9 Å². The number of benzene rings is 2. The minimum Gasteiger partial charge on any atom is -0.496 e. The molecule has 0 unspecified atom stereocenters. The number of thiazole rings is 1. The van der Waals surface area contributed by atoms with Gasteiger partial charge in [-0.3, -0.25) is 4.79 Å². The Morgan fingerprint density at radius 1 is 1.10 bits per heavy atom. The number of amides is 1. The first kappa shape index (κ1) is 20.9. The summed E-state index contributed by atoms with van der Waals surface area (Å²) in [7, 11) is 4.67. The maximum absolute atomic E-state index is 13.1. The van der Waals surface area contributed by atoms with Crippen LogP contribution in [0.4, 0.5) is 0 Å².